The van der Waals surface area contributed by atoms with Crippen LogP contribution in [0.25, 0.3) is 10.8 Å². The first-order valence-corrected chi connectivity index (χ1v) is 7.90. The molecule has 3 heteroatoms. The maximum Gasteiger partial charge on any atom is 0.124 e. The number of piperazine rings is 1. The fraction of sp³-hybridized carbons (Fsp3) is 0.444. The number of ether oxygens (including phenoxy) is 1. The predicted octanol–water partition coefficient (Wildman–Crippen LogP) is 3.20. The van der Waals surface area contributed by atoms with Gasteiger partial charge in [-0.2, -0.15) is 0 Å². The highest BCUT2D eigenvalue weighted by molar-refractivity contribution is 5.88. The van der Waals surface area contributed by atoms with Crippen molar-refractivity contribution in [1.82, 2.24) is 10.2 Å². The summed E-state index contributed by atoms with van der Waals surface area (Å²) in [5.41, 5.74) is 1.33. The van der Waals surface area contributed by atoms with E-state index in [0.717, 1.165) is 31.9 Å². The minimum Gasteiger partial charge on any atom is -0.494 e. The molecule has 0 bridgehead atoms. The Balaban J connectivity index is 2.06. The second kappa shape index (κ2) is 6.46. The third kappa shape index (κ3) is 2.89. The molecule has 0 spiro atoms. The molecule has 112 valence electrons. The van der Waals surface area contributed by atoms with Gasteiger partial charge in [-0.05, 0) is 30.7 Å². The number of nitrogens with one attached hydrogen (secondary N) is 1. The standard InChI is InChI=1S/C18H24N2O/c1-3-21-17-9-8-15-6-4-5-7-16(15)18(17)14(2)20-12-10-19-11-13-20/h4-9,14,19H,3,10-13H2,1-2H3/t14-/m0/s1. The molecule has 0 radical (unpaired) electrons. The van der Waals surface area contributed by atoms with Crippen molar-refractivity contribution in [3.63, 3.8) is 0 Å². The summed E-state index contributed by atoms with van der Waals surface area (Å²) in [5, 5.41) is 6.03. The van der Waals surface area contributed by atoms with Crippen LogP contribution in [0.2, 0.25) is 0 Å². The summed E-state index contributed by atoms with van der Waals surface area (Å²) in [4.78, 5) is 2.54. The monoisotopic (exact) mass is 284 g/mol. The highest BCUT2D eigenvalue weighted by atomic mass is 16.5. The minimum atomic E-state index is 0.375. The molecule has 0 aliphatic carbocycles. The largest absolute Gasteiger partial charge is 0.494 e. The lowest BCUT2D eigenvalue weighted by Crippen LogP contribution is -2.44. The van der Waals surface area contributed by atoms with E-state index in [-0.39, 0.29) is 0 Å². The number of hydrogen-bond acceptors (Lipinski definition) is 3. The van der Waals surface area contributed by atoms with Crippen molar-refractivity contribution in [3.8, 4) is 5.75 Å². The zero-order valence-corrected chi connectivity index (χ0v) is 12.9. The van der Waals surface area contributed by atoms with Crippen LogP contribution in [0, 0.1) is 0 Å². The Labute approximate surface area is 126 Å². The van der Waals surface area contributed by atoms with Gasteiger partial charge in [0.1, 0.15) is 5.75 Å². The molecule has 1 heterocycles. The van der Waals surface area contributed by atoms with E-state index in [1.54, 1.807) is 0 Å². The average molecular weight is 284 g/mol. The third-order valence-corrected chi connectivity index (χ3v) is 4.35. The first-order valence-electron chi connectivity index (χ1n) is 7.90. The molecule has 0 saturated carbocycles. The number of rotatable bonds is 4. The van der Waals surface area contributed by atoms with E-state index in [1.165, 1.54) is 16.3 Å². The molecule has 1 aliphatic heterocycles. The molecule has 0 unspecified atom stereocenters. The van der Waals surface area contributed by atoms with Crippen molar-refractivity contribution < 1.29 is 4.74 Å². The van der Waals surface area contributed by atoms with Gasteiger partial charge in [-0.15, -0.1) is 0 Å². The molecule has 1 aliphatic rings. The van der Waals surface area contributed by atoms with Crippen LogP contribution in [0.15, 0.2) is 36.4 Å². The summed E-state index contributed by atoms with van der Waals surface area (Å²) >= 11 is 0. The summed E-state index contributed by atoms with van der Waals surface area (Å²) in [6, 6.07) is 13.3. The highest BCUT2D eigenvalue weighted by Gasteiger charge is 2.22. The molecule has 2 aromatic carbocycles. The molecule has 0 amide bonds. The molecule has 1 saturated heterocycles. The highest BCUT2D eigenvalue weighted by Crippen LogP contribution is 2.36. The topological polar surface area (TPSA) is 24.5 Å². The number of benzene rings is 2. The lowest BCUT2D eigenvalue weighted by Gasteiger charge is -2.34. The van der Waals surface area contributed by atoms with Gasteiger partial charge in [0.15, 0.2) is 0 Å². The van der Waals surface area contributed by atoms with Gasteiger partial charge >= 0.3 is 0 Å². The Bertz CT molecular complexity index is 605. The maximum atomic E-state index is 5.91. The lowest BCUT2D eigenvalue weighted by molar-refractivity contribution is 0.182. The van der Waals surface area contributed by atoms with Crippen LogP contribution in [-0.4, -0.2) is 37.7 Å². The lowest BCUT2D eigenvalue weighted by atomic mass is 9.97. The third-order valence-electron chi connectivity index (χ3n) is 4.35. The Morgan fingerprint density at radius 3 is 2.67 bits per heavy atom. The Morgan fingerprint density at radius 2 is 1.90 bits per heavy atom. The van der Waals surface area contributed by atoms with E-state index in [2.05, 4.69) is 60.5 Å². The molecule has 1 fully saturated rings. The zero-order valence-electron chi connectivity index (χ0n) is 12.9. The van der Waals surface area contributed by atoms with Gasteiger partial charge in [0.05, 0.1) is 6.61 Å². The van der Waals surface area contributed by atoms with Gasteiger partial charge in [-0.1, -0.05) is 30.3 Å². The fourth-order valence-electron chi connectivity index (χ4n) is 3.24. The molecular formula is C18H24N2O. The van der Waals surface area contributed by atoms with Crippen molar-refractivity contribution in [1.29, 1.82) is 0 Å². The maximum absolute atomic E-state index is 5.91. The van der Waals surface area contributed by atoms with Crippen LogP contribution >= 0.6 is 0 Å². The van der Waals surface area contributed by atoms with E-state index in [1.807, 2.05) is 0 Å². The predicted molar refractivity (Wildman–Crippen MR) is 88.0 cm³/mol. The summed E-state index contributed by atoms with van der Waals surface area (Å²) in [7, 11) is 0. The van der Waals surface area contributed by atoms with Crippen molar-refractivity contribution in [2.45, 2.75) is 19.9 Å². The molecule has 21 heavy (non-hydrogen) atoms. The second-order valence-corrected chi connectivity index (χ2v) is 5.59. The number of hydrogen-bond donors (Lipinski definition) is 1. The van der Waals surface area contributed by atoms with Crippen LogP contribution in [0.3, 0.4) is 0 Å². The van der Waals surface area contributed by atoms with Gasteiger partial charge in [0, 0.05) is 37.8 Å². The SMILES string of the molecule is CCOc1ccc2ccccc2c1[C@H](C)N1CCNCC1. The molecule has 3 rings (SSSR count). The van der Waals surface area contributed by atoms with Crippen molar-refractivity contribution in [2.24, 2.45) is 0 Å². The second-order valence-electron chi connectivity index (χ2n) is 5.59. The number of fused-ring (bicyclic) bond motifs is 1. The van der Waals surface area contributed by atoms with Crippen molar-refractivity contribution in [3.05, 3.63) is 42.0 Å². The van der Waals surface area contributed by atoms with E-state index < -0.39 is 0 Å². The van der Waals surface area contributed by atoms with Gasteiger partial charge in [-0.3, -0.25) is 4.90 Å². The minimum absolute atomic E-state index is 0.375. The van der Waals surface area contributed by atoms with E-state index in [9.17, 15) is 0 Å². The summed E-state index contributed by atoms with van der Waals surface area (Å²) in [6.07, 6.45) is 0. The average Bonchev–Trinajstić information content (AvgIpc) is 2.55. The van der Waals surface area contributed by atoms with Gasteiger partial charge in [0.25, 0.3) is 0 Å². The van der Waals surface area contributed by atoms with Gasteiger partial charge in [0.2, 0.25) is 0 Å². The molecule has 3 nitrogen and oxygen atoms in total. The Morgan fingerprint density at radius 1 is 1.14 bits per heavy atom. The quantitative estimate of drug-likeness (QED) is 0.933. The van der Waals surface area contributed by atoms with Crippen LogP contribution in [0.1, 0.15) is 25.5 Å². The van der Waals surface area contributed by atoms with E-state index in [4.69, 9.17) is 4.74 Å². The fourth-order valence-corrected chi connectivity index (χ4v) is 3.24. The molecular weight excluding hydrogens is 260 g/mol. The van der Waals surface area contributed by atoms with Crippen LogP contribution in [-0.2, 0) is 0 Å². The molecule has 0 aromatic heterocycles. The smallest absolute Gasteiger partial charge is 0.124 e. The summed E-state index contributed by atoms with van der Waals surface area (Å²) in [6.45, 7) is 9.38. The van der Waals surface area contributed by atoms with E-state index in [0.29, 0.717) is 12.6 Å². The zero-order chi connectivity index (χ0) is 14.7. The van der Waals surface area contributed by atoms with Crippen LogP contribution in [0.5, 0.6) is 5.75 Å². The molecule has 1 N–H and O–H groups in total. The van der Waals surface area contributed by atoms with Gasteiger partial charge < -0.3 is 10.1 Å². The van der Waals surface area contributed by atoms with E-state index >= 15 is 0 Å². The Kier molecular flexibility index (Phi) is 4.42. The summed E-state index contributed by atoms with van der Waals surface area (Å²) < 4.78 is 5.91. The Hall–Kier alpha value is -1.58. The van der Waals surface area contributed by atoms with Crippen molar-refractivity contribution in [2.75, 3.05) is 32.8 Å². The number of nitrogens with zero attached hydrogens (tertiary/aromatic N) is 1. The first-order chi connectivity index (χ1) is 10.3. The normalized spacial score (nSPS) is 17.8. The molecule has 1 atom stereocenters. The van der Waals surface area contributed by atoms with Crippen LogP contribution in [0.4, 0.5) is 0 Å². The summed E-state index contributed by atoms with van der Waals surface area (Å²) in [5.74, 6) is 1.03. The van der Waals surface area contributed by atoms with Gasteiger partial charge in [-0.25, -0.2) is 0 Å². The first kappa shape index (κ1) is 14.4. The van der Waals surface area contributed by atoms with Crippen molar-refractivity contribution >= 4 is 10.8 Å². The molecule has 2 aromatic rings. The van der Waals surface area contributed by atoms with Crippen LogP contribution < -0.4 is 10.1 Å².